The van der Waals surface area contributed by atoms with Crippen molar-refractivity contribution in [3.8, 4) is 0 Å². The molecule has 1 heterocycles. The number of nitrogens with zero attached hydrogens (tertiary/aromatic N) is 1. The molecule has 1 N–H and O–H groups in total. The molecule has 0 saturated carbocycles. The number of likely N-dealkylation sites (tertiary alicyclic amines) is 1. The van der Waals surface area contributed by atoms with Gasteiger partial charge in [0.05, 0.1) is 0 Å². The third-order valence-corrected chi connectivity index (χ3v) is 4.56. The van der Waals surface area contributed by atoms with Crippen LogP contribution < -0.4 is 5.32 Å². The molecule has 1 saturated heterocycles. The summed E-state index contributed by atoms with van der Waals surface area (Å²) in [6, 6.07) is 10.4. The first-order chi connectivity index (χ1) is 11.4. The SMILES string of the molecule is CC(C)(C)N1C[C@H](CNC(=O)CCCCc2ccccc2)CC1=O. The molecule has 1 atom stereocenters. The lowest BCUT2D eigenvalue weighted by atomic mass is 10.1. The van der Waals surface area contributed by atoms with E-state index in [0.717, 1.165) is 25.8 Å². The molecular weight excluding hydrogens is 300 g/mol. The van der Waals surface area contributed by atoms with Gasteiger partial charge in [0.25, 0.3) is 0 Å². The van der Waals surface area contributed by atoms with Gasteiger partial charge >= 0.3 is 0 Å². The van der Waals surface area contributed by atoms with E-state index in [2.05, 4.69) is 38.2 Å². The van der Waals surface area contributed by atoms with Gasteiger partial charge in [-0.05, 0) is 45.6 Å². The van der Waals surface area contributed by atoms with Gasteiger partial charge in [0.1, 0.15) is 0 Å². The number of aryl methyl sites for hydroxylation is 1. The van der Waals surface area contributed by atoms with Crippen LogP contribution >= 0.6 is 0 Å². The van der Waals surface area contributed by atoms with E-state index >= 15 is 0 Å². The first-order valence-electron chi connectivity index (χ1n) is 8.97. The minimum Gasteiger partial charge on any atom is -0.356 e. The zero-order valence-corrected chi connectivity index (χ0v) is 15.2. The van der Waals surface area contributed by atoms with E-state index in [9.17, 15) is 9.59 Å². The van der Waals surface area contributed by atoms with Crippen molar-refractivity contribution in [2.24, 2.45) is 5.92 Å². The molecule has 132 valence electrons. The van der Waals surface area contributed by atoms with E-state index in [4.69, 9.17) is 0 Å². The van der Waals surface area contributed by atoms with Crippen LogP contribution in [0.3, 0.4) is 0 Å². The van der Waals surface area contributed by atoms with E-state index < -0.39 is 0 Å². The van der Waals surface area contributed by atoms with Crippen molar-refractivity contribution in [3.63, 3.8) is 0 Å². The van der Waals surface area contributed by atoms with Gasteiger partial charge in [-0.2, -0.15) is 0 Å². The van der Waals surface area contributed by atoms with Crippen molar-refractivity contribution in [2.45, 2.75) is 58.4 Å². The van der Waals surface area contributed by atoms with Crippen LogP contribution in [-0.4, -0.2) is 35.3 Å². The predicted molar refractivity (Wildman–Crippen MR) is 96.6 cm³/mol. The molecule has 4 heteroatoms. The summed E-state index contributed by atoms with van der Waals surface area (Å²) in [5.41, 5.74) is 1.19. The Labute approximate surface area is 145 Å². The minimum absolute atomic E-state index is 0.102. The monoisotopic (exact) mass is 330 g/mol. The third kappa shape index (κ3) is 5.66. The maximum Gasteiger partial charge on any atom is 0.223 e. The third-order valence-electron chi connectivity index (χ3n) is 4.56. The van der Waals surface area contributed by atoms with E-state index in [-0.39, 0.29) is 23.3 Å². The van der Waals surface area contributed by atoms with Crippen molar-refractivity contribution in [1.29, 1.82) is 0 Å². The number of hydrogen-bond acceptors (Lipinski definition) is 2. The second kappa shape index (κ2) is 8.32. The lowest BCUT2D eigenvalue weighted by Gasteiger charge is -2.32. The molecule has 1 aromatic carbocycles. The van der Waals surface area contributed by atoms with Gasteiger partial charge in [0, 0.05) is 37.4 Å². The Balaban J connectivity index is 1.61. The number of nitrogens with one attached hydrogen (secondary N) is 1. The van der Waals surface area contributed by atoms with Gasteiger partial charge in [-0.15, -0.1) is 0 Å². The van der Waals surface area contributed by atoms with Gasteiger partial charge in [-0.1, -0.05) is 30.3 Å². The summed E-state index contributed by atoms with van der Waals surface area (Å²) >= 11 is 0. The van der Waals surface area contributed by atoms with Crippen LogP contribution in [0.4, 0.5) is 0 Å². The Morgan fingerprint density at radius 3 is 2.54 bits per heavy atom. The molecule has 2 rings (SSSR count). The molecule has 0 spiro atoms. The van der Waals surface area contributed by atoms with E-state index in [1.807, 2.05) is 23.1 Å². The van der Waals surface area contributed by atoms with E-state index in [1.54, 1.807) is 0 Å². The van der Waals surface area contributed by atoms with Crippen LogP contribution in [0.2, 0.25) is 0 Å². The Kier molecular flexibility index (Phi) is 6.41. The molecule has 1 aliphatic rings. The summed E-state index contributed by atoms with van der Waals surface area (Å²) in [7, 11) is 0. The minimum atomic E-state index is -0.132. The number of benzene rings is 1. The van der Waals surface area contributed by atoms with Crippen LogP contribution in [0, 0.1) is 5.92 Å². The Morgan fingerprint density at radius 2 is 1.92 bits per heavy atom. The molecule has 0 aliphatic carbocycles. The van der Waals surface area contributed by atoms with Crippen LogP contribution in [-0.2, 0) is 16.0 Å². The van der Waals surface area contributed by atoms with Gasteiger partial charge in [0.15, 0.2) is 0 Å². The first-order valence-corrected chi connectivity index (χ1v) is 8.97. The lowest BCUT2D eigenvalue weighted by molar-refractivity contribution is -0.131. The van der Waals surface area contributed by atoms with Gasteiger partial charge in [-0.3, -0.25) is 9.59 Å². The fourth-order valence-electron chi connectivity index (χ4n) is 3.17. The Bertz CT molecular complexity index is 549. The summed E-state index contributed by atoms with van der Waals surface area (Å²) in [6.45, 7) is 7.52. The number of unbranched alkanes of at least 4 members (excludes halogenated alkanes) is 1. The number of amides is 2. The average molecular weight is 330 g/mol. The molecule has 2 amide bonds. The highest BCUT2D eigenvalue weighted by Gasteiger charge is 2.35. The summed E-state index contributed by atoms with van der Waals surface area (Å²) in [4.78, 5) is 25.9. The number of hydrogen-bond donors (Lipinski definition) is 1. The normalized spacial score (nSPS) is 18.0. The molecule has 1 aromatic rings. The predicted octanol–water partition coefficient (Wildman–Crippen LogP) is 3.16. The molecule has 4 nitrogen and oxygen atoms in total. The molecule has 1 aliphatic heterocycles. The lowest BCUT2D eigenvalue weighted by Crippen LogP contribution is -2.42. The highest BCUT2D eigenvalue weighted by molar-refractivity contribution is 5.80. The fraction of sp³-hybridized carbons (Fsp3) is 0.600. The molecule has 0 radical (unpaired) electrons. The number of carbonyl (C=O) groups excluding carboxylic acids is 2. The molecule has 24 heavy (non-hydrogen) atoms. The van der Waals surface area contributed by atoms with Crippen molar-refractivity contribution < 1.29 is 9.59 Å². The number of carbonyl (C=O) groups is 2. The second-order valence-electron chi connectivity index (χ2n) is 7.74. The molecule has 0 unspecified atom stereocenters. The fourth-order valence-corrected chi connectivity index (χ4v) is 3.17. The highest BCUT2D eigenvalue weighted by Crippen LogP contribution is 2.25. The molecule has 0 bridgehead atoms. The van der Waals surface area contributed by atoms with Gasteiger partial charge in [-0.25, -0.2) is 0 Å². The van der Waals surface area contributed by atoms with Crippen LogP contribution in [0.1, 0.15) is 52.0 Å². The maximum absolute atomic E-state index is 12.0. The molecule has 0 aromatic heterocycles. The van der Waals surface area contributed by atoms with Crippen LogP contribution in [0.5, 0.6) is 0 Å². The van der Waals surface area contributed by atoms with Crippen LogP contribution in [0.25, 0.3) is 0 Å². The average Bonchev–Trinajstić information content (AvgIpc) is 2.92. The topological polar surface area (TPSA) is 49.4 Å². The quantitative estimate of drug-likeness (QED) is 0.781. The summed E-state index contributed by atoms with van der Waals surface area (Å²) in [5.74, 6) is 0.541. The van der Waals surface area contributed by atoms with E-state index in [1.165, 1.54) is 5.56 Å². The standard InChI is InChI=1S/C20H30N2O2/c1-20(2,3)22-15-17(13-19(22)24)14-21-18(23)12-8-7-11-16-9-5-4-6-10-16/h4-6,9-10,17H,7-8,11-15H2,1-3H3,(H,21,23)/t17-/m0/s1. The zero-order valence-electron chi connectivity index (χ0n) is 15.2. The van der Waals surface area contributed by atoms with Crippen molar-refractivity contribution in [2.75, 3.05) is 13.1 Å². The van der Waals surface area contributed by atoms with Crippen molar-refractivity contribution >= 4 is 11.8 Å². The summed E-state index contributed by atoms with van der Waals surface area (Å²) < 4.78 is 0. The second-order valence-corrected chi connectivity index (χ2v) is 7.74. The largest absolute Gasteiger partial charge is 0.356 e. The summed E-state index contributed by atoms with van der Waals surface area (Å²) in [5, 5.41) is 3.00. The maximum atomic E-state index is 12.0. The highest BCUT2D eigenvalue weighted by atomic mass is 16.2. The zero-order chi connectivity index (χ0) is 17.6. The van der Waals surface area contributed by atoms with Crippen molar-refractivity contribution in [1.82, 2.24) is 10.2 Å². The Hall–Kier alpha value is -1.84. The molecule has 1 fully saturated rings. The van der Waals surface area contributed by atoms with E-state index in [0.29, 0.717) is 19.4 Å². The number of rotatable bonds is 7. The summed E-state index contributed by atoms with van der Waals surface area (Å²) in [6.07, 6.45) is 4.06. The smallest absolute Gasteiger partial charge is 0.223 e. The Morgan fingerprint density at radius 1 is 1.21 bits per heavy atom. The first kappa shape index (κ1) is 18.5. The molecular formula is C20H30N2O2. The van der Waals surface area contributed by atoms with Gasteiger partial charge < -0.3 is 10.2 Å². The van der Waals surface area contributed by atoms with Crippen LogP contribution in [0.15, 0.2) is 30.3 Å². The van der Waals surface area contributed by atoms with Gasteiger partial charge in [0.2, 0.25) is 11.8 Å². The van der Waals surface area contributed by atoms with Crippen molar-refractivity contribution in [3.05, 3.63) is 35.9 Å².